The van der Waals surface area contributed by atoms with E-state index in [2.05, 4.69) is 44.4 Å². The van der Waals surface area contributed by atoms with Crippen molar-refractivity contribution in [2.24, 2.45) is 11.8 Å². The van der Waals surface area contributed by atoms with Crippen molar-refractivity contribution in [1.29, 1.82) is 0 Å². The molecule has 1 aromatic rings. The minimum absolute atomic E-state index is 0.197. The Morgan fingerprint density at radius 3 is 2.56 bits per heavy atom. The van der Waals surface area contributed by atoms with Gasteiger partial charge in [-0.15, -0.1) is 0 Å². The van der Waals surface area contributed by atoms with Gasteiger partial charge in [0.15, 0.2) is 0 Å². The molecule has 3 N–H and O–H groups in total. The van der Waals surface area contributed by atoms with E-state index in [1.165, 1.54) is 16.7 Å². The van der Waals surface area contributed by atoms with Crippen LogP contribution < -0.4 is 11.3 Å². The van der Waals surface area contributed by atoms with E-state index in [0.29, 0.717) is 5.92 Å². The number of hydrazine groups is 1. The highest BCUT2D eigenvalue weighted by atomic mass is 16.5. The van der Waals surface area contributed by atoms with E-state index in [-0.39, 0.29) is 12.1 Å². The molecular weight excluding hydrogens is 224 g/mol. The molecule has 3 nitrogen and oxygen atoms in total. The highest BCUT2D eigenvalue weighted by Gasteiger charge is 2.31. The summed E-state index contributed by atoms with van der Waals surface area (Å²) in [5.74, 6) is 6.31. The largest absolute Gasteiger partial charge is 0.376 e. The molecule has 1 aliphatic heterocycles. The van der Waals surface area contributed by atoms with Crippen molar-refractivity contribution in [3.63, 3.8) is 0 Å². The molecule has 18 heavy (non-hydrogen) atoms. The van der Waals surface area contributed by atoms with Crippen molar-refractivity contribution in [1.82, 2.24) is 5.43 Å². The van der Waals surface area contributed by atoms with Gasteiger partial charge >= 0.3 is 0 Å². The van der Waals surface area contributed by atoms with Crippen molar-refractivity contribution in [2.75, 3.05) is 6.61 Å². The fourth-order valence-corrected chi connectivity index (χ4v) is 2.89. The minimum atomic E-state index is 0.197. The van der Waals surface area contributed by atoms with Crippen LogP contribution in [0.15, 0.2) is 18.2 Å². The Bertz CT molecular complexity index is 385. The van der Waals surface area contributed by atoms with E-state index in [1.54, 1.807) is 0 Å². The number of hydrogen-bond acceptors (Lipinski definition) is 3. The summed E-state index contributed by atoms with van der Waals surface area (Å²) in [5.41, 5.74) is 7.01. The predicted octanol–water partition coefficient (Wildman–Crippen LogP) is 2.10. The number of hydrogen-bond donors (Lipinski definition) is 2. The Morgan fingerprint density at radius 1 is 1.39 bits per heavy atom. The van der Waals surface area contributed by atoms with Crippen molar-refractivity contribution >= 4 is 0 Å². The van der Waals surface area contributed by atoms with Gasteiger partial charge in [0.05, 0.1) is 12.1 Å². The third-order valence-electron chi connectivity index (χ3n) is 4.12. The zero-order valence-corrected chi connectivity index (χ0v) is 11.6. The van der Waals surface area contributed by atoms with Gasteiger partial charge in [-0.05, 0) is 49.3 Å². The van der Waals surface area contributed by atoms with Crippen LogP contribution in [0.25, 0.3) is 0 Å². The van der Waals surface area contributed by atoms with Crippen molar-refractivity contribution in [3.8, 4) is 0 Å². The summed E-state index contributed by atoms with van der Waals surface area (Å²) in [6.07, 6.45) is 2.30. The molecule has 3 heteroatoms. The molecule has 1 fully saturated rings. The molecule has 0 saturated carbocycles. The van der Waals surface area contributed by atoms with Crippen molar-refractivity contribution < 1.29 is 4.74 Å². The van der Waals surface area contributed by atoms with E-state index in [0.717, 1.165) is 19.4 Å². The fourth-order valence-electron chi connectivity index (χ4n) is 2.89. The first-order valence-electron chi connectivity index (χ1n) is 6.76. The van der Waals surface area contributed by atoms with E-state index in [1.807, 2.05) is 0 Å². The Labute approximate surface area is 110 Å². The minimum Gasteiger partial charge on any atom is -0.376 e. The molecular formula is C15H24N2O. The summed E-state index contributed by atoms with van der Waals surface area (Å²) >= 11 is 0. The first-order chi connectivity index (χ1) is 8.63. The summed E-state index contributed by atoms with van der Waals surface area (Å²) in [4.78, 5) is 0. The van der Waals surface area contributed by atoms with Crippen LogP contribution in [0.3, 0.4) is 0 Å². The lowest BCUT2D eigenvalue weighted by atomic mass is 9.90. The summed E-state index contributed by atoms with van der Waals surface area (Å²) < 4.78 is 5.83. The molecule has 1 aromatic carbocycles. The van der Waals surface area contributed by atoms with Crippen LogP contribution in [0.5, 0.6) is 0 Å². The first kappa shape index (κ1) is 13.5. The molecule has 1 heterocycles. The van der Waals surface area contributed by atoms with Gasteiger partial charge < -0.3 is 4.74 Å². The molecule has 3 unspecified atom stereocenters. The Morgan fingerprint density at radius 2 is 2.06 bits per heavy atom. The molecule has 0 bridgehead atoms. The van der Waals surface area contributed by atoms with Crippen LogP contribution in [0.4, 0.5) is 0 Å². The average Bonchev–Trinajstić information content (AvgIpc) is 2.76. The maximum Gasteiger partial charge on any atom is 0.0771 e. The molecule has 0 aliphatic carbocycles. The highest BCUT2D eigenvalue weighted by molar-refractivity contribution is 5.34. The third-order valence-corrected chi connectivity index (χ3v) is 4.12. The van der Waals surface area contributed by atoms with Crippen LogP contribution in [0.1, 0.15) is 30.0 Å². The lowest BCUT2D eigenvalue weighted by Crippen LogP contribution is -2.47. The topological polar surface area (TPSA) is 47.3 Å². The molecule has 0 radical (unpaired) electrons. The zero-order chi connectivity index (χ0) is 13.1. The molecule has 1 aliphatic rings. The molecule has 0 aromatic heterocycles. The second kappa shape index (κ2) is 5.83. The third kappa shape index (κ3) is 2.74. The lowest BCUT2D eigenvalue weighted by Gasteiger charge is -2.26. The van der Waals surface area contributed by atoms with Gasteiger partial charge in [0.1, 0.15) is 0 Å². The second-order valence-electron chi connectivity index (χ2n) is 5.45. The van der Waals surface area contributed by atoms with Crippen LogP contribution in [-0.4, -0.2) is 18.8 Å². The number of ether oxygens (including phenoxy) is 1. The first-order valence-corrected chi connectivity index (χ1v) is 6.76. The van der Waals surface area contributed by atoms with Crippen LogP contribution >= 0.6 is 0 Å². The maximum atomic E-state index is 5.83. The summed E-state index contributed by atoms with van der Waals surface area (Å²) in [6.45, 7) is 7.42. The maximum absolute atomic E-state index is 5.83. The highest BCUT2D eigenvalue weighted by Crippen LogP contribution is 2.26. The van der Waals surface area contributed by atoms with Crippen molar-refractivity contribution in [2.45, 2.75) is 45.8 Å². The summed E-state index contributed by atoms with van der Waals surface area (Å²) in [7, 11) is 0. The molecule has 0 amide bonds. The predicted molar refractivity (Wildman–Crippen MR) is 74.3 cm³/mol. The summed E-state index contributed by atoms with van der Waals surface area (Å²) in [5, 5.41) is 0. The second-order valence-corrected chi connectivity index (χ2v) is 5.45. The number of nitrogens with one attached hydrogen (secondary N) is 1. The van der Waals surface area contributed by atoms with Crippen LogP contribution in [-0.2, 0) is 11.2 Å². The Kier molecular flexibility index (Phi) is 4.38. The number of rotatable bonds is 4. The smallest absolute Gasteiger partial charge is 0.0771 e. The Hall–Kier alpha value is -0.900. The quantitative estimate of drug-likeness (QED) is 0.633. The number of benzene rings is 1. The zero-order valence-electron chi connectivity index (χ0n) is 11.6. The Balaban J connectivity index is 2.15. The molecule has 2 rings (SSSR count). The molecule has 1 saturated heterocycles. The van der Waals surface area contributed by atoms with E-state index >= 15 is 0 Å². The van der Waals surface area contributed by atoms with Crippen LogP contribution in [0, 0.1) is 19.8 Å². The van der Waals surface area contributed by atoms with Crippen LogP contribution in [0.2, 0.25) is 0 Å². The average molecular weight is 248 g/mol. The van der Waals surface area contributed by atoms with Gasteiger partial charge in [-0.3, -0.25) is 11.3 Å². The van der Waals surface area contributed by atoms with E-state index in [9.17, 15) is 0 Å². The van der Waals surface area contributed by atoms with Gasteiger partial charge in [-0.2, -0.15) is 0 Å². The molecule has 3 atom stereocenters. The van der Waals surface area contributed by atoms with Gasteiger partial charge in [0.25, 0.3) is 0 Å². The normalized spacial score (nSPS) is 25.3. The standard InChI is InChI=1S/C15H24N2O/c1-10-5-4-6-11(2)13(10)9-14(17-16)15-12(3)7-8-18-15/h4-6,12,14-15,17H,7-9,16H2,1-3H3. The van der Waals surface area contributed by atoms with E-state index in [4.69, 9.17) is 10.6 Å². The van der Waals surface area contributed by atoms with E-state index < -0.39 is 0 Å². The fraction of sp³-hybridized carbons (Fsp3) is 0.600. The number of aryl methyl sites for hydroxylation is 2. The number of nitrogens with two attached hydrogens (primary N) is 1. The van der Waals surface area contributed by atoms with Gasteiger partial charge in [-0.25, -0.2) is 0 Å². The molecule has 0 spiro atoms. The van der Waals surface area contributed by atoms with Gasteiger partial charge in [-0.1, -0.05) is 25.1 Å². The summed E-state index contributed by atoms with van der Waals surface area (Å²) in [6, 6.07) is 6.62. The van der Waals surface area contributed by atoms with Gasteiger partial charge in [0.2, 0.25) is 0 Å². The monoisotopic (exact) mass is 248 g/mol. The SMILES string of the molecule is Cc1cccc(C)c1CC(NN)C1OCCC1C. The van der Waals surface area contributed by atoms with Gasteiger partial charge in [0, 0.05) is 6.61 Å². The molecule has 100 valence electrons. The van der Waals surface area contributed by atoms with Crippen molar-refractivity contribution in [3.05, 3.63) is 34.9 Å². The lowest BCUT2D eigenvalue weighted by molar-refractivity contribution is 0.0609.